The highest BCUT2D eigenvalue weighted by Crippen LogP contribution is 2.29. The van der Waals surface area contributed by atoms with Gasteiger partial charge < -0.3 is 5.32 Å². The van der Waals surface area contributed by atoms with Gasteiger partial charge in [-0.1, -0.05) is 49.4 Å². The van der Waals surface area contributed by atoms with Crippen molar-refractivity contribution in [2.24, 2.45) is 0 Å². The number of halogens is 1. The minimum absolute atomic E-state index is 0.281. The highest BCUT2D eigenvalue weighted by atomic mass is 127. The number of hydrogen-bond acceptors (Lipinski definition) is 1. The number of rotatable bonds is 5. The van der Waals surface area contributed by atoms with Crippen molar-refractivity contribution in [1.29, 1.82) is 0 Å². The third kappa shape index (κ3) is 3.41. The Kier molecular flexibility index (Phi) is 5.61. The van der Waals surface area contributed by atoms with Gasteiger partial charge in [0.05, 0.1) is 6.04 Å². The van der Waals surface area contributed by atoms with Crippen LogP contribution >= 0.6 is 22.6 Å². The van der Waals surface area contributed by atoms with Crippen LogP contribution in [0.3, 0.4) is 0 Å². The maximum atomic E-state index is 3.71. The fourth-order valence-corrected chi connectivity index (χ4v) is 3.15. The Morgan fingerprint density at radius 3 is 2.30 bits per heavy atom. The van der Waals surface area contributed by atoms with Gasteiger partial charge >= 0.3 is 0 Å². The van der Waals surface area contributed by atoms with E-state index in [4.69, 9.17) is 0 Å². The van der Waals surface area contributed by atoms with Crippen LogP contribution in [0.1, 0.15) is 41.6 Å². The van der Waals surface area contributed by atoms with Gasteiger partial charge in [-0.3, -0.25) is 0 Å². The Morgan fingerprint density at radius 1 is 0.950 bits per heavy atom. The van der Waals surface area contributed by atoms with E-state index in [1.165, 1.54) is 25.8 Å². The monoisotopic (exact) mass is 379 g/mol. The van der Waals surface area contributed by atoms with Crippen molar-refractivity contribution in [3.63, 3.8) is 0 Å². The van der Waals surface area contributed by atoms with E-state index in [1.54, 1.807) is 0 Å². The minimum atomic E-state index is 0.281. The van der Waals surface area contributed by atoms with Gasteiger partial charge in [-0.05, 0) is 71.7 Å². The highest BCUT2D eigenvalue weighted by Gasteiger charge is 2.18. The van der Waals surface area contributed by atoms with E-state index < -0.39 is 0 Å². The summed E-state index contributed by atoms with van der Waals surface area (Å²) >= 11 is 2.47. The second kappa shape index (κ2) is 7.23. The zero-order valence-electron chi connectivity index (χ0n) is 12.4. The van der Waals surface area contributed by atoms with Crippen molar-refractivity contribution in [3.8, 4) is 0 Å². The molecule has 0 saturated carbocycles. The maximum absolute atomic E-state index is 3.71. The normalized spacial score (nSPS) is 12.4. The van der Waals surface area contributed by atoms with E-state index in [0.717, 1.165) is 13.0 Å². The van der Waals surface area contributed by atoms with E-state index in [1.807, 2.05) is 0 Å². The Bertz CT molecular complexity index is 577. The van der Waals surface area contributed by atoms with Crippen LogP contribution in [-0.2, 0) is 0 Å². The lowest BCUT2D eigenvalue weighted by molar-refractivity contribution is 0.594. The molecule has 0 aliphatic heterocycles. The van der Waals surface area contributed by atoms with E-state index in [-0.39, 0.29) is 6.04 Å². The van der Waals surface area contributed by atoms with Crippen LogP contribution in [0.15, 0.2) is 42.5 Å². The Balaban J connectivity index is 2.47. The van der Waals surface area contributed by atoms with Crippen LogP contribution in [0.4, 0.5) is 0 Å². The van der Waals surface area contributed by atoms with Crippen LogP contribution in [0.5, 0.6) is 0 Å². The van der Waals surface area contributed by atoms with Gasteiger partial charge in [0.2, 0.25) is 0 Å². The summed E-state index contributed by atoms with van der Waals surface area (Å²) in [6.07, 6.45) is 1.14. The molecule has 2 aromatic rings. The largest absolute Gasteiger partial charge is 0.306 e. The Hall–Kier alpha value is -0.870. The fourth-order valence-electron chi connectivity index (χ4n) is 2.48. The molecule has 0 heterocycles. The molecule has 0 saturated heterocycles. The van der Waals surface area contributed by atoms with Crippen LogP contribution in [-0.4, -0.2) is 6.54 Å². The fraction of sp³-hybridized carbons (Fsp3) is 0.333. The molecule has 0 fully saturated rings. The van der Waals surface area contributed by atoms with Gasteiger partial charge in [-0.25, -0.2) is 0 Å². The zero-order valence-corrected chi connectivity index (χ0v) is 14.6. The molecule has 1 atom stereocenters. The van der Waals surface area contributed by atoms with Gasteiger partial charge in [0.15, 0.2) is 0 Å². The summed E-state index contributed by atoms with van der Waals surface area (Å²) in [5.41, 5.74) is 5.45. The van der Waals surface area contributed by atoms with Gasteiger partial charge in [-0.2, -0.15) is 0 Å². The molecule has 2 rings (SSSR count). The Morgan fingerprint density at radius 2 is 1.60 bits per heavy atom. The number of hydrogen-bond donors (Lipinski definition) is 1. The summed E-state index contributed by atoms with van der Waals surface area (Å²) < 4.78 is 1.36. The molecule has 0 spiro atoms. The van der Waals surface area contributed by atoms with Gasteiger partial charge in [0.1, 0.15) is 0 Å². The molecule has 0 radical (unpaired) electrons. The van der Waals surface area contributed by atoms with Gasteiger partial charge in [-0.15, -0.1) is 0 Å². The topological polar surface area (TPSA) is 12.0 Å². The van der Waals surface area contributed by atoms with E-state index in [0.29, 0.717) is 0 Å². The summed E-state index contributed by atoms with van der Waals surface area (Å²) in [4.78, 5) is 0. The first-order valence-electron chi connectivity index (χ1n) is 7.19. The number of aryl methyl sites for hydroxylation is 2. The lowest BCUT2D eigenvalue weighted by atomic mass is 9.94. The van der Waals surface area contributed by atoms with Crippen molar-refractivity contribution in [2.45, 2.75) is 33.2 Å². The van der Waals surface area contributed by atoms with Gasteiger partial charge in [0.25, 0.3) is 0 Å². The summed E-state index contributed by atoms with van der Waals surface area (Å²) in [5, 5.41) is 3.71. The second-order valence-corrected chi connectivity index (χ2v) is 6.30. The predicted octanol–water partition coefficient (Wildman–Crippen LogP) is 5.00. The standard InChI is InChI=1S/C18H22IN/c1-4-12-20-18(15-10-6-5-8-13(15)2)16-11-7-9-14(3)17(16)19/h5-11,18,20H,4,12H2,1-3H3. The van der Waals surface area contributed by atoms with E-state index in [2.05, 4.69) is 91.1 Å². The minimum Gasteiger partial charge on any atom is -0.306 e. The molecule has 0 amide bonds. The molecule has 0 aliphatic carbocycles. The zero-order chi connectivity index (χ0) is 14.5. The van der Waals surface area contributed by atoms with E-state index >= 15 is 0 Å². The summed E-state index contributed by atoms with van der Waals surface area (Å²) in [6.45, 7) is 7.62. The quantitative estimate of drug-likeness (QED) is 0.722. The molecular formula is C18H22IN. The van der Waals surface area contributed by atoms with E-state index in [9.17, 15) is 0 Å². The third-order valence-corrected chi connectivity index (χ3v) is 5.10. The summed E-state index contributed by atoms with van der Waals surface area (Å²) in [6, 6.07) is 15.5. The summed E-state index contributed by atoms with van der Waals surface area (Å²) in [5.74, 6) is 0. The molecule has 2 heteroatoms. The molecule has 1 N–H and O–H groups in total. The Labute approximate surface area is 135 Å². The average Bonchev–Trinajstić information content (AvgIpc) is 2.45. The predicted molar refractivity (Wildman–Crippen MR) is 95.2 cm³/mol. The molecule has 0 bridgehead atoms. The summed E-state index contributed by atoms with van der Waals surface area (Å²) in [7, 11) is 0. The lowest BCUT2D eigenvalue weighted by Gasteiger charge is -2.23. The lowest BCUT2D eigenvalue weighted by Crippen LogP contribution is -2.24. The van der Waals surface area contributed by atoms with Crippen LogP contribution in [0.25, 0.3) is 0 Å². The van der Waals surface area contributed by atoms with Gasteiger partial charge in [0, 0.05) is 3.57 Å². The molecule has 2 aromatic carbocycles. The average molecular weight is 379 g/mol. The van der Waals surface area contributed by atoms with Crippen LogP contribution in [0.2, 0.25) is 0 Å². The molecule has 20 heavy (non-hydrogen) atoms. The highest BCUT2D eigenvalue weighted by molar-refractivity contribution is 14.1. The van der Waals surface area contributed by atoms with Crippen molar-refractivity contribution < 1.29 is 0 Å². The molecule has 0 aliphatic rings. The first-order valence-corrected chi connectivity index (χ1v) is 8.27. The van der Waals surface area contributed by atoms with Crippen molar-refractivity contribution in [2.75, 3.05) is 6.54 Å². The first kappa shape index (κ1) is 15.5. The third-order valence-electron chi connectivity index (χ3n) is 3.63. The SMILES string of the molecule is CCCNC(c1ccccc1C)c1cccc(C)c1I. The maximum Gasteiger partial charge on any atom is 0.0589 e. The smallest absolute Gasteiger partial charge is 0.0589 e. The van der Waals surface area contributed by atoms with Crippen molar-refractivity contribution in [3.05, 3.63) is 68.3 Å². The number of benzene rings is 2. The molecule has 0 aromatic heterocycles. The molecule has 1 unspecified atom stereocenters. The van der Waals surface area contributed by atoms with Crippen LogP contribution < -0.4 is 5.32 Å². The number of nitrogens with one attached hydrogen (secondary N) is 1. The molecule has 1 nitrogen and oxygen atoms in total. The molecule has 106 valence electrons. The first-order chi connectivity index (χ1) is 9.65. The van der Waals surface area contributed by atoms with Crippen molar-refractivity contribution >= 4 is 22.6 Å². The van der Waals surface area contributed by atoms with Crippen molar-refractivity contribution in [1.82, 2.24) is 5.32 Å². The van der Waals surface area contributed by atoms with Crippen LogP contribution in [0, 0.1) is 17.4 Å². The second-order valence-electron chi connectivity index (χ2n) is 5.22. The molecular weight excluding hydrogens is 357 g/mol.